The van der Waals surface area contributed by atoms with Gasteiger partial charge < -0.3 is 9.47 Å². The molecule has 0 radical (unpaired) electrons. The Bertz CT molecular complexity index is 811. The minimum Gasteiger partial charge on any atom is -0.467 e. The molecule has 1 atom stereocenters. The predicted molar refractivity (Wildman–Crippen MR) is 104 cm³/mol. The third-order valence-corrected chi connectivity index (χ3v) is 4.95. The van der Waals surface area contributed by atoms with Crippen molar-refractivity contribution in [1.29, 1.82) is 0 Å². The minimum absolute atomic E-state index is 0.0160. The second-order valence-electron chi connectivity index (χ2n) is 6.86. The van der Waals surface area contributed by atoms with Crippen molar-refractivity contribution in [2.75, 3.05) is 13.9 Å². The normalized spacial score (nSPS) is 13.5. The largest absolute Gasteiger partial charge is 0.467 e. The van der Waals surface area contributed by atoms with E-state index in [0.29, 0.717) is 17.0 Å². The number of halogens is 1. The number of aryl methyl sites for hydroxylation is 1. The summed E-state index contributed by atoms with van der Waals surface area (Å²) in [6.07, 6.45) is 0. The quantitative estimate of drug-likeness (QED) is 0.553. The van der Waals surface area contributed by atoms with E-state index in [2.05, 4.69) is 4.40 Å². The zero-order valence-electron chi connectivity index (χ0n) is 15.7. The van der Waals surface area contributed by atoms with Gasteiger partial charge in [-0.2, -0.15) is 4.40 Å². The molecule has 0 spiro atoms. The number of hydrogen-bond acceptors (Lipinski definition) is 3. The molecule has 0 saturated carbocycles. The monoisotopic (exact) mass is 377 g/mol. The Morgan fingerprint density at radius 3 is 2.38 bits per heavy atom. The highest BCUT2D eigenvalue weighted by molar-refractivity contribution is 7.85. The van der Waals surface area contributed by atoms with Crippen LogP contribution in [-0.4, -0.2) is 28.6 Å². The topological polar surface area (TPSA) is 47.9 Å². The lowest BCUT2D eigenvalue weighted by Crippen LogP contribution is -2.21. The lowest BCUT2D eigenvalue weighted by atomic mass is 10.0. The number of hydrogen-bond donors (Lipinski definition) is 0. The Morgan fingerprint density at radius 2 is 1.81 bits per heavy atom. The van der Waals surface area contributed by atoms with Gasteiger partial charge in [-0.15, -0.1) is 0 Å². The molecule has 0 unspecified atom stereocenters. The number of nitrogens with zero attached hydrogens (tertiary/aromatic N) is 1. The maximum Gasteiger partial charge on any atom is 0.188 e. The molecule has 4 nitrogen and oxygen atoms in total. The van der Waals surface area contributed by atoms with Crippen molar-refractivity contribution in [3.05, 3.63) is 65.0 Å². The van der Waals surface area contributed by atoms with Gasteiger partial charge in [-0.1, -0.05) is 29.8 Å². The van der Waals surface area contributed by atoms with Crippen LogP contribution >= 0.6 is 0 Å². The molecule has 0 aliphatic heterocycles. The van der Waals surface area contributed by atoms with E-state index in [-0.39, 0.29) is 6.79 Å². The fraction of sp³-hybridized carbons (Fsp3) is 0.350. The summed E-state index contributed by atoms with van der Waals surface area (Å²) in [6.45, 7) is 7.51. The lowest BCUT2D eigenvalue weighted by molar-refractivity contribution is 0.0509. The van der Waals surface area contributed by atoms with Crippen molar-refractivity contribution in [2.45, 2.75) is 32.4 Å². The van der Waals surface area contributed by atoms with Crippen LogP contribution in [0.5, 0.6) is 5.75 Å². The first-order valence-corrected chi connectivity index (χ1v) is 9.32. The van der Waals surface area contributed by atoms with Crippen molar-refractivity contribution < 1.29 is 18.1 Å². The van der Waals surface area contributed by atoms with Crippen LogP contribution in [0.1, 0.15) is 37.5 Å². The van der Waals surface area contributed by atoms with Crippen LogP contribution < -0.4 is 4.74 Å². The van der Waals surface area contributed by atoms with E-state index in [9.17, 15) is 8.60 Å². The second kappa shape index (κ2) is 8.56. The average molecular weight is 377 g/mol. The summed E-state index contributed by atoms with van der Waals surface area (Å²) in [5, 5.41) is 0. The predicted octanol–water partition coefficient (Wildman–Crippen LogP) is 4.42. The first kappa shape index (κ1) is 20.3. The zero-order chi connectivity index (χ0) is 19.3. The molecule has 2 aromatic carbocycles. The molecule has 0 bridgehead atoms. The van der Waals surface area contributed by atoms with E-state index in [1.807, 2.05) is 52.0 Å². The van der Waals surface area contributed by atoms with Crippen LogP contribution in [0.3, 0.4) is 0 Å². The van der Waals surface area contributed by atoms with Gasteiger partial charge in [0.05, 0.1) is 10.5 Å². The molecule has 26 heavy (non-hydrogen) atoms. The van der Waals surface area contributed by atoms with Gasteiger partial charge in [-0.25, -0.2) is 8.60 Å². The van der Waals surface area contributed by atoms with Crippen LogP contribution in [0.25, 0.3) is 0 Å². The summed E-state index contributed by atoms with van der Waals surface area (Å²) in [7, 11) is -0.00886. The van der Waals surface area contributed by atoms with Gasteiger partial charge in [0.1, 0.15) is 22.6 Å². The van der Waals surface area contributed by atoms with Gasteiger partial charge in [0.2, 0.25) is 0 Å². The lowest BCUT2D eigenvalue weighted by Gasteiger charge is -2.17. The Hall–Kier alpha value is -2.05. The summed E-state index contributed by atoms with van der Waals surface area (Å²) >= 11 is 0. The molecule has 6 heteroatoms. The van der Waals surface area contributed by atoms with Gasteiger partial charge in [-0.3, -0.25) is 0 Å². The number of rotatable bonds is 6. The van der Waals surface area contributed by atoms with Gasteiger partial charge in [0, 0.05) is 18.2 Å². The Kier molecular flexibility index (Phi) is 6.67. The van der Waals surface area contributed by atoms with Gasteiger partial charge in [0.15, 0.2) is 6.79 Å². The Morgan fingerprint density at radius 1 is 1.15 bits per heavy atom. The summed E-state index contributed by atoms with van der Waals surface area (Å²) in [6, 6.07) is 11.8. The highest BCUT2D eigenvalue weighted by atomic mass is 32.2. The molecule has 2 aromatic rings. The van der Waals surface area contributed by atoms with Crippen LogP contribution in [0, 0.1) is 12.7 Å². The van der Waals surface area contributed by atoms with E-state index >= 15 is 0 Å². The van der Waals surface area contributed by atoms with Gasteiger partial charge >= 0.3 is 0 Å². The maximum absolute atomic E-state index is 14.0. The molecule has 2 rings (SSSR count). The van der Waals surface area contributed by atoms with Gasteiger partial charge in [0.25, 0.3) is 0 Å². The van der Waals surface area contributed by atoms with E-state index in [4.69, 9.17) is 9.47 Å². The van der Waals surface area contributed by atoms with Crippen LogP contribution in [0.4, 0.5) is 4.39 Å². The molecule has 0 aromatic heterocycles. The number of ether oxygens (including phenoxy) is 2. The zero-order valence-corrected chi connectivity index (χ0v) is 16.5. The second-order valence-corrected chi connectivity index (χ2v) is 8.76. The smallest absolute Gasteiger partial charge is 0.188 e. The molecule has 140 valence electrons. The SMILES string of the molecule is COCOc1ccc(F)cc1C(=N[S@](=O)C(C)(C)C)c1ccc(C)cc1. The maximum atomic E-state index is 14.0. The molecule has 0 aliphatic carbocycles. The minimum atomic E-state index is -1.52. The third-order valence-electron chi connectivity index (χ3n) is 3.55. The fourth-order valence-corrected chi connectivity index (χ4v) is 2.77. The molecule has 0 fully saturated rings. The number of methoxy groups -OCH3 is 1. The summed E-state index contributed by atoms with van der Waals surface area (Å²) in [5.74, 6) is -0.00963. The van der Waals surface area contributed by atoms with E-state index in [1.54, 1.807) is 0 Å². The highest BCUT2D eigenvalue weighted by Gasteiger charge is 2.22. The molecular weight excluding hydrogens is 353 g/mol. The van der Waals surface area contributed by atoms with Crippen molar-refractivity contribution in [3.63, 3.8) is 0 Å². The van der Waals surface area contributed by atoms with Crippen LogP contribution in [0.2, 0.25) is 0 Å². The van der Waals surface area contributed by atoms with Crippen molar-refractivity contribution in [3.8, 4) is 5.75 Å². The average Bonchev–Trinajstić information content (AvgIpc) is 2.58. The molecular formula is C20H24FNO3S. The van der Waals surface area contributed by atoms with Crippen molar-refractivity contribution in [2.24, 2.45) is 4.40 Å². The van der Waals surface area contributed by atoms with Crippen molar-refractivity contribution in [1.82, 2.24) is 0 Å². The summed E-state index contributed by atoms with van der Waals surface area (Å²) in [5.41, 5.74) is 2.67. The number of benzene rings is 2. The third kappa shape index (κ3) is 5.22. The van der Waals surface area contributed by atoms with Crippen LogP contribution in [-0.2, 0) is 15.7 Å². The van der Waals surface area contributed by atoms with Crippen LogP contribution in [0.15, 0.2) is 46.9 Å². The van der Waals surface area contributed by atoms with E-state index in [0.717, 1.165) is 11.1 Å². The molecule has 0 aliphatic rings. The molecule has 0 heterocycles. The first-order valence-electron chi connectivity index (χ1n) is 8.22. The van der Waals surface area contributed by atoms with Crippen molar-refractivity contribution >= 4 is 16.7 Å². The van der Waals surface area contributed by atoms with E-state index < -0.39 is 21.5 Å². The molecule has 0 N–H and O–H groups in total. The first-order chi connectivity index (χ1) is 12.2. The standard InChI is InChI=1S/C20H24FNO3S/c1-14-6-8-15(9-7-14)19(22-26(23)20(2,3)4)17-12-16(21)10-11-18(17)25-13-24-5/h6-12H,13H2,1-5H3/t26-/m1/s1. The summed E-state index contributed by atoms with van der Waals surface area (Å²) in [4.78, 5) is 0. The Labute approximate surface area is 156 Å². The van der Waals surface area contributed by atoms with Gasteiger partial charge in [-0.05, 0) is 45.9 Å². The Balaban J connectivity index is 2.64. The highest BCUT2D eigenvalue weighted by Crippen LogP contribution is 2.26. The fourth-order valence-electron chi connectivity index (χ4n) is 2.12. The van der Waals surface area contributed by atoms with E-state index in [1.165, 1.54) is 25.3 Å². The molecule has 0 amide bonds. The molecule has 0 saturated heterocycles. The summed E-state index contributed by atoms with van der Waals surface area (Å²) < 4.78 is 41.0.